The Bertz CT molecular complexity index is 922. The lowest BCUT2D eigenvalue weighted by Gasteiger charge is -2.34. The Kier molecular flexibility index (Phi) is 6.83. The molecule has 2 atom stereocenters. The van der Waals surface area contributed by atoms with Crippen LogP contribution in [-0.2, 0) is 23.7 Å². The fourth-order valence-electron chi connectivity index (χ4n) is 3.96. The normalized spacial score (nSPS) is 19.6. The minimum absolute atomic E-state index is 0.0582. The summed E-state index contributed by atoms with van der Waals surface area (Å²) in [6.45, 7) is 0.563. The molecule has 3 nitrogen and oxygen atoms in total. The van der Waals surface area contributed by atoms with E-state index < -0.39 is 47.7 Å². The molecule has 1 N–H and O–H groups in total. The smallest absolute Gasteiger partial charge is 0.341 e. The highest BCUT2D eigenvalue weighted by Crippen LogP contribution is 2.37. The van der Waals surface area contributed by atoms with Gasteiger partial charge in [0.1, 0.15) is 5.82 Å². The molecule has 3 rings (SSSR count). The lowest BCUT2D eigenvalue weighted by molar-refractivity contribution is -0.143. The first-order valence-electron chi connectivity index (χ1n) is 9.86. The molecule has 174 valence electrons. The molecular weight excluding hydrogens is 441 g/mol. The molecule has 1 saturated heterocycles. The number of nitrogens with one attached hydrogen (secondary N) is 1. The topological polar surface area (TPSA) is 32.3 Å². The number of hydrogen-bond acceptors (Lipinski definition) is 2. The van der Waals surface area contributed by atoms with Gasteiger partial charge in [0.25, 0.3) is 0 Å². The van der Waals surface area contributed by atoms with Gasteiger partial charge in [-0.1, -0.05) is 12.1 Å². The Morgan fingerprint density at radius 1 is 1.00 bits per heavy atom. The molecule has 1 aliphatic heterocycles. The summed E-state index contributed by atoms with van der Waals surface area (Å²) in [5.74, 6) is -1.67. The van der Waals surface area contributed by atoms with Gasteiger partial charge in [-0.3, -0.25) is 4.79 Å². The van der Waals surface area contributed by atoms with Crippen molar-refractivity contribution in [2.45, 2.75) is 31.2 Å². The zero-order valence-corrected chi connectivity index (χ0v) is 17.0. The number of rotatable bonds is 4. The Labute approximate surface area is 180 Å². The number of halogens is 7. The summed E-state index contributed by atoms with van der Waals surface area (Å²) in [5, 5.41) is 3.16. The maximum Gasteiger partial charge on any atom is 0.416 e. The minimum atomic E-state index is -4.96. The molecule has 0 bridgehead atoms. The first-order valence-corrected chi connectivity index (χ1v) is 9.86. The summed E-state index contributed by atoms with van der Waals surface area (Å²) < 4.78 is 91.9. The van der Waals surface area contributed by atoms with Crippen molar-refractivity contribution in [3.8, 4) is 0 Å². The summed E-state index contributed by atoms with van der Waals surface area (Å²) in [6, 6.07) is 6.98. The monoisotopic (exact) mass is 462 g/mol. The number of carbonyl (C=O) groups excluding carboxylic acids is 1. The van der Waals surface area contributed by atoms with Crippen LogP contribution in [0.5, 0.6) is 0 Å². The van der Waals surface area contributed by atoms with E-state index in [1.807, 2.05) is 0 Å². The van der Waals surface area contributed by atoms with Gasteiger partial charge in [0.05, 0.1) is 11.1 Å². The van der Waals surface area contributed by atoms with Crippen LogP contribution in [0.15, 0.2) is 42.5 Å². The third-order valence-corrected chi connectivity index (χ3v) is 5.54. The summed E-state index contributed by atoms with van der Waals surface area (Å²) in [4.78, 5) is 14.2. The fourth-order valence-corrected chi connectivity index (χ4v) is 3.96. The zero-order valence-electron chi connectivity index (χ0n) is 17.0. The van der Waals surface area contributed by atoms with Crippen molar-refractivity contribution in [1.82, 2.24) is 10.2 Å². The lowest BCUT2D eigenvalue weighted by atomic mass is 9.80. The lowest BCUT2D eigenvalue weighted by Crippen LogP contribution is -2.43. The predicted octanol–water partition coefficient (Wildman–Crippen LogP) is 5.22. The van der Waals surface area contributed by atoms with Gasteiger partial charge in [0.15, 0.2) is 0 Å². The van der Waals surface area contributed by atoms with E-state index in [2.05, 4.69) is 5.32 Å². The molecule has 0 aromatic heterocycles. The van der Waals surface area contributed by atoms with Crippen LogP contribution in [0.25, 0.3) is 0 Å². The number of piperidine rings is 1. The van der Waals surface area contributed by atoms with Gasteiger partial charge in [-0.15, -0.1) is 0 Å². The second kappa shape index (κ2) is 9.09. The van der Waals surface area contributed by atoms with Crippen LogP contribution in [0.1, 0.15) is 34.6 Å². The first-order chi connectivity index (χ1) is 14.9. The summed E-state index contributed by atoms with van der Waals surface area (Å²) in [7, 11) is 1.35. The van der Waals surface area contributed by atoms with Crippen LogP contribution in [0.2, 0.25) is 0 Å². The molecule has 1 aliphatic rings. The maximum absolute atomic E-state index is 13.3. The highest BCUT2D eigenvalue weighted by Gasteiger charge is 2.38. The molecule has 1 amide bonds. The number of alkyl halides is 6. The van der Waals surface area contributed by atoms with Gasteiger partial charge >= 0.3 is 12.4 Å². The third-order valence-electron chi connectivity index (χ3n) is 5.54. The second-order valence-electron chi connectivity index (χ2n) is 7.87. The summed E-state index contributed by atoms with van der Waals surface area (Å²) in [6.07, 6.45) is -9.48. The van der Waals surface area contributed by atoms with E-state index in [-0.39, 0.29) is 17.5 Å². The van der Waals surface area contributed by atoms with Crippen LogP contribution < -0.4 is 5.32 Å². The van der Waals surface area contributed by atoms with Crippen molar-refractivity contribution in [2.24, 2.45) is 5.92 Å². The summed E-state index contributed by atoms with van der Waals surface area (Å²) >= 11 is 0. The van der Waals surface area contributed by atoms with E-state index in [9.17, 15) is 35.5 Å². The van der Waals surface area contributed by atoms with E-state index in [0.29, 0.717) is 31.6 Å². The van der Waals surface area contributed by atoms with Crippen LogP contribution in [0, 0.1) is 11.7 Å². The molecule has 0 spiro atoms. The van der Waals surface area contributed by atoms with Gasteiger partial charge in [-0.05, 0) is 54.4 Å². The average molecular weight is 462 g/mol. The van der Waals surface area contributed by atoms with Crippen molar-refractivity contribution in [3.63, 3.8) is 0 Å². The van der Waals surface area contributed by atoms with Crippen LogP contribution in [-0.4, -0.2) is 30.9 Å². The highest BCUT2D eigenvalue weighted by molar-refractivity contribution is 5.80. The Hall–Kier alpha value is -2.62. The van der Waals surface area contributed by atoms with Gasteiger partial charge < -0.3 is 10.2 Å². The van der Waals surface area contributed by atoms with E-state index in [1.165, 1.54) is 19.2 Å². The van der Waals surface area contributed by atoms with Gasteiger partial charge in [0, 0.05) is 32.0 Å². The Morgan fingerprint density at radius 3 is 2.09 bits per heavy atom. The van der Waals surface area contributed by atoms with Gasteiger partial charge in [0.2, 0.25) is 5.91 Å². The molecule has 0 saturated carbocycles. The van der Waals surface area contributed by atoms with Crippen LogP contribution in [0.4, 0.5) is 30.7 Å². The molecule has 1 heterocycles. The largest absolute Gasteiger partial charge is 0.416 e. The summed E-state index contributed by atoms with van der Waals surface area (Å²) in [5.41, 5.74) is -2.39. The zero-order chi connectivity index (χ0) is 23.7. The number of nitrogens with zero attached hydrogens (tertiary/aromatic N) is 1. The SMILES string of the molecule is CN(Cc1cc(C(F)(F)F)cc(C(F)(F)F)c1)C(=O)[C@@H]1CCNC[C@H]1c1ccc(F)cc1. The molecule has 0 radical (unpaired) electrons. The fraction of sp³-hybridized carbons (Fsp3) is 0.409. The van der Waals surface area contributed by atoms with E-state index in [0.717, 1.165) is 10.5 Å². The standard InChI is InChI=1S/C22H21F7N2O/c1-31(12-13-8-15(21(24,25)26)10-16(9-13)22(27,28)29)20(32)18-6-7-30-11-19(18)14-2-4-17(23)5-3-14/h2-5,8-10,18-19,30H,6-7,11-12H2,1H3/t18-,19+/m1/s1. The van der Waals surface area contributed by atoms with Crippen molar-refractivity contribution < 1.29 is 35.5 Å². The highest BCUT2D eigenvalue weighted by atomic mass is 19.4. The average Bonchev–Trinajstić information content (AvgIpc) is 2.72. The van der Waals surface area contributed by atoms with Crippen LogP contribution in [0.3, 0.4) is 0 Å². The van der Waals surface area contributed by atoms with Crippen molar-refractivity contribution >= 4 is 5.91 Å². The van der Waals surface area contributed by atoms with E-state index >= 15 is 0 Å². The third kappa shape index (κ3) is 5.59. The van der Waals surface area contributed by atoms with E-state index in [1.54, 1.807) is 12.1 Å². The first kappa shape index (κ1) is 24.0. The molecule has 0 unspecified atom stereocenters. The number of benzene rings is 2. The van der Waals surface area contributed by atoms with Crippen molar-refractivity contribution in [2.75, 3.05) is 20.1 Å². The molecule has 2 aromatic rings. The maximum atomic E-state index is 13.3. The molecule has 32 heavy (non-hydrogen) atoms. The Morgan fingerprint density at radius 2 is 1.56 bits per heavy atom. The molecule has 0 aliphatic carbocycles. The van der Waals surface area contributed by atoms with Gasteiger partial charge in [-0.25, -0.2) is 4.39 Å². The van der Waals surface area contributed by atoms with Crippen LogP contribution >= 0.6 is 0 Å². The number of amides is 1. The second-order valence-corrected chi connectivity index (χ2v) is 7.87. The molecule has 2 aromatic carbocycles. The Balaban J connectivity index is 1.84. The number of hydrogen-bond donors (Lipinski definition) is 1. The van der Waals surface area contributed by atoms with Gasteiger partial charge in [-0.2, -0.15) is 26.3 Å². The minimum Gasteiger partial charge on any atom is -0.341 e. The number of carbonyl (C=O) groups is 1. The molecule has 1 fully saturated rings. The van der Waals surface area contributed by atoms with E-state index in [4.69, 9.17) is 0 Å². The van der Waals surface area contributed by atoms with Crippen molar-refractivity contribution in [1.29, 1.82) is 0 Å². The molecular formula is C22H21F7N2O. The predicted molar refractivity (Wildman–Crippen MR) is 103 cm³/mol. The van der Waals surface area contributed by atoms with Crippen molar-refractivity contribution in [3.05, 3.63) is 70.5 Å². The quantitative estimate of drug-likeness (QED) is 0.633. The molecule has 10 heteroatoms.